The molecule has 0 radical (unpaired) electrons. The SMILES string of the molecule is C[C@@]1(C=O)CCC(c2ccc(Cl)cc2)=C(CN2CCN(c3ccc(C(=O)NS(=O)(=O)c4ccc(N[C@H](CCN5CCCOCC5)CSc5ccccc5)c(SC(F)(F)F)c4)cc3)CC2)C1. The van der Waals surface area contributed by atoms with Gasteiger partial charge in [0.1, 0.15) is 6.29 Å². The van der Waals surface area contributed by atoms with E-state index < -0.39 is 43.5 Å². The second-order valence-electron chi connectivity index (χ2n) is 17.0. The monoisotopic (exact) mass is 969 g/mol. The van der Waals surface area contributed by atoms with Crippen LogP contribution >= 0.6 is 35.1 Å². The van der Waals surface area contributed by atoms with Crippen LogP contribution in [0.1, 0.15) is 54.9 Å². The van der Waals surface area contributed by atoms with Gasteiger partial charge in [-0.05, 0) is 122 Å². The number of thioether (sulfide) groups is 2. The number of nitrogens with one attached hydrogen (secondary N) is 2. The van der Waals surface area contributed by atoms with Gasteiger partial charge in [0.05, 0.1) is 11.5 Å². The Morgan fingerprint density at radius 3 is 2.37 bits per heavy atom. The fourth-order valence-corrected chi connectivity index (χ4v) is 11.4. The molecule has 1 aliphatic carbocycles. The number of hydrogen-bond acceptors (Lipinski definition) is 11. The summed E-state index contributed by atoms with van der Waals surface area (Å²) in [6, 6.07) is 27.5. The molecule has 0 aromatic heterocycles. The van der Waals surface area contributed by atoms with Gasteiger partial charge in [-0.3, -0.25) is 9.69 Å². The zero-order valence-corrected chi connectivity index (χ0v) is 39.5. The number of allylic oxidation sites excluding steroid dienone is 1. The standard InChI is InChI=1S/C48H55ClF3N5O5S3/c1-47(34-58)20-18-43(35-8-12-38(49)13-9-35)37(31-47)32-56-23-25-57(26-24-56)40-14-10-36(11-15-40)46(59)54-65(60,61)42-16-17-44(45(30-42)64-48(50,51)52)53-39(33-63-41-6-3-2-4-7-41)19-22-55-21-5-28-62-29-27-55/h2-4,6-17,30,34,39,53H,5,18-29,31-33H2,1H3,(H,54,59)/t39-,47-/m1/s1. The van der Waals surface area contributed by atoms with Crippen LogP contribution in [-0.4, -0.2) is 113 Å². The maximum absolute atomic E-state index is 14.0. The average molecular weight is 971 g/mol. The molecule has 2 aliphatic heterocycles. The normalized spacial score (nSPS) is 19.7. The zero-order chi connectivity index (χ0) is 46.0. The number of ether oxygens (including phenoxy) is 1. The summed E-state index contributed by atoms with van der Waals surface area (Å²) in [5.41, 5.74) is -0.313. The summed E-state index contributed by atoms with van der Waals surface area (Å²) < 4.78 is 76.8. The predicted molar refractivity (Wildman–Crippen MR) is 256 cm³/mol. The fourth-order valence-electron chi connectivity index (χ4n) is 8.51. The van der Waals surface area contributed by atoms with Crippen LogP contribution in [0.15, 0.2) is 117 Å². The molecular formula is C48H55ClF3N5O5S3. The van der Waals surface area contributed by atoms with E-state index in [0.29, 0.717) is 43.4 Å². The molecule has 2 saturated heterocycles. The number of amides is 1. The summed E-state index contributed by atoms with van der Waals surface area (Å²) in [6.45, 7) is 9.44. The third kappa shape index (κ3) is 14.0. The molecule has 10 nitrogen and oxygen atoms in total. The van der Waals surface area contributed by atoms with E-state index in [1.165, 1.54) is 23.3 Å². The zero-order valence-electron chi connectivity index (χ0n) is 36.3. The van der Waals surface area contributed by atoms with E-state index >= 15 is 0 Å². The number of carbonyl (C=O) groups is 2. The highest BCUT2D eigenvalue weighted by Gasteiger charge is 2.34. The average Bonchev–Trinajstić information content (AvgIpc) is 3.57. The molecule has 3 aliphatic rings. The summed E-state index contributed by atoms with van der Waals surface area (Å²) in [5.74, 6) is -0.339. The molecule has 4 aromatic rings. The van der Waals surface area contributed by atoms with Gasteiger partial charge in [-0.1, -0.05) is 54.4 Å². The molecule has 2 atom stereocenters. The van der Waals surface area contributed by atoms with Gasteiger partial charge in [-0.15, -0.1) is 11.8 Å². The van der Waals surface area contributed by atoms with Crippen LogP contribution in [0.25, 0.3) is 5.57 Å². The Kier molecular flexibility index (Phi) is 16.7. The Bertz CT molecular complexity index is 2380. The van der Waals surface area contributed by atoms with Gasteiger partial charge in [0, 0.05) is 108 Å². The third-order valence-electron chi connectivity index (χ3n) is 12.1. The molecule has 2 N–H and O–H groups in total. The molecule has 2 fully saturated rings. The molecule has 0 unspecified atom stereocenters. The van der Waals surface area contributed by atoms with Crippen molar-refractivity contribution in [1.82, 2.24) is 14.5 Å². The molecule has 65 heavy (non-hydrogen) atoms. The number of benzene rings is 4. The van der Waals surface area contributed by atoms with E-state index in [1.54, 1.807) is 36.0 Å². The van der Waals surface area contributed by atoms with Gasteiger partial charge in [0.2, 0.25) is 0 Å². The molecular weight excluding hydrogens is 915 g/mol. The van der Waals surface area contributed by atoms with Crippen molar-refractivity contribution >= 4 is 74.3 Å². The van der Waals surface area contributed by atoms with Gasteiger partial charge in [-0.2, -0.15) is 13.2 Å². The largest absolute Gasteiger partial charge is 0.446 e. The highest BCUT2D eigenvalue weighted by atomic mass is 35.5. The highest BCUT2D eigenvalue weighted by molar-refractivity contribution is 8.00. The van der Waals surface area contributed by atoms with Crippen LogP contribution in [0.5, 0.6) is 0 Å². The lowest BCUT2D eigenvalue weighted by Gasteiger charge is -2.39. The Hall–Kier alpha value is -4.03. The smallest absolute Gasteiger partial charge is 0.381 e. The Morgan fingerprint density at radius 2 is 1.66 bits per heavy atom. The molecule has 348 valence electrons. The van der Waals surface area contributed by atoms with Crippen molar-refractivity contribution in [1.29, 1.82) is 0 Å². The van der Waals surface area contributed by atoms with Crippen molar-refractivity contribution < 1.29 is 35.9 Å². The summed E-state index contributed by atoms with van der Waals surface area (Å²) in [5, 5.41) is 3.98. The van der Waals surface area contributed by atoms with Crippen LogP contribution in [-0.2, 0) is 19.6 Å². The lowest BCUT2D eigenvalue weighted by atomic mass is 9.72. The van der Waals surface area contributed by atoms with Crippen LogP contribution in [0.2, 0.25) is 5.02 Å². The number of halogens is 4. The number of alkyl halides is 3. The second kappa shape index (κ2) is 22.2. The molecule has 7 rings (SSSR count). The van der Waals surface area contributed by atoms with E-state index in [4.69, 9.17) is 16.3 Å². The number of aldehydes is 1. The number of carbonyl (C=O) groups excluding carboxylic acids is 2. The van der Waals surface area contributed by atoms with Gasteiger partial charge in [-0.25, -0.2) is 13.1 Å². The molecule has 17 heteroatoms. The van der Waals surface area contributed by atoms with Crippen molar-refractivity contribution in [2.75, 3.05) is 81.5 Å². The van der Waals surface area contributed by atoms with Crippen LogP contribution in [0, 0.1) is 5.41 Å². The maximum Gasteiger partial charge on any atom is 0.446 e. The van der Waals surface area contributed by atoms with E-state index in [2.05, 4.69) is 24.7 Å². The van der Waals surface area contributed by atoms with E-state index in [1.807, 2.05) is 61.5 Å². The number of rotatable bonds is 17. The van der Waals surface area contributed by atoms with Gasteiger partial charge in [0.15, 0.2) is 0 Å². The molecule has 2 heterocycles. The first-order chi connectivity index (χ1) is 31.1. The van der Waals surface area contributed by atoms with Crippen molar-refractivity contribution in [3.05, 3.63) is 119 Å². The first-order valence-electron chi connectivity index (χ1n) is 21.9. The van der Waals surface area contributed by atoms with E-state index in [0.717, 1.165) is 93.6 Å². The minimum atomic E-state index is -4.70. The summed E-state index contributed by atoms with van der Waals surface area (Å²) in [6.07, 6.45) is 4.94. The van der Waals surface area contributed by atoms with Crippen molar-refractivity contribution in [3.63, 3.8) is 0 Å². The lowest BCUT2D eigenvalue weighted by molar-refractivity contribution is -0.115. The minimum Gasteiger partial charge on any atom is -0.381 e. The molecule has 0 spiro atoms. The van der Waals surface area contributed by atoms with Gasteiger partial charge in [0.25, 0.3) is 15.9 Å². The quantitative estimate of drug-likeness (QED) is 0.0780. The predicted octanol–water partition coefficient (Wildman–Crippen LogP) is 9.72. The fraction of sp³-hybridized carbons (Fsp3) is 0.417. The van der Waals surface area contributed by atoms with Crippen molar-refractivity contribution in [3.8, 4) is 0 Å². The number of nitrogens with zero attached hydrogens (tertiary/aromatic N) is 3. The highest BCUT2D eigenvalue weighted by Crippen LogP contribution is 2.43. The topological polar surface area (TPSA) is 111 Å². The van der Waals surface area contributed by atoms with Crippen LogP contribution < -0.4 is 14.9 Å². The van der Waals surface area contributed by atoms with Crippen molar-refractivity contribution in [2.45, 2.75) is 65.3 Å². The van der Waals surface area contributed by atoms with Crippen LogP contribution in [0.4, 0.5) is 24.5 Å². The Morgan fingerprint density at radius 1 is 0.923 bits per heavy atom. The van der Waals surface area contributed by atoms with Crippen molar-refractivity contribution in [2.24, 2.45) is 5.41 Å². The number of hydrogen-bond donors (Lipinski definition) is 2. The number of piperazine rings is 1. The second-order valence-corrected chi connectivity index (χ2v) is 21.4. The molecule has 0 saturated carbocycles. The van der Waals surface area contributed by atoms with E-state index in [-0.39, 0.29) is 22.2 Å². The maximum atomic E-state index is 14.0. The first kappa shape index (κ1) is 48.9. The third-order valence-corrected chi connectivity index (χ3v) is 15.7. The van der Waals surface area contributed by atoms with Crippen LogP contribution in [0.3, 0.4) is 0 Å². The minimum absolute atomic E-state index is 0.0889. The summed E-state index contributed by atoms with van der Waals surface area (Å²) in [4.78, 5) is 32.5. The molecule has 0 bridgehead atoms. The Balaban J connectivity index is 0.987. The molecule has 4 aromatic carbocycles. The van der Waals surface area contributed by atoms with Gasteiger partial charge >= 0.3 is 5.51 Å². The Labute approximate surface area is 393 Å². The number of sulfonamides is 1. The molecule has 1 amide bonds. The number of anilines is 2. The summed E-state index contributed by atoms with van der Waals surface area (Å²) in [7, 11) is -4.56. The van der Waals surface area contributed by atoms with E-state index in [9.17, 15) is 31.2 Å². The van der Waals surface area contributed by atoms with Gasteiger partial charge < -0.3 is 24.6 Å². The summed E-state index contributed by atoms with van der Waals surface area (Å²) >= 11 is 7.37. The lowest BCUT2D eigenvalue weighted by Crippen LogP contribution is -2.47. The first-order valence-corrected chi connectivity index (χ1v) is 25.5.